The number of rotatable bonds is 1. The molecule has 1 heterocycles. The summed E-state index contributed by atoms with van der Waals surface area (Å²) in [5.41, 5.74) is 1.55. The molecule has 17 heavy (non-hydrogen) atoms. The molecule has 86 valence electrons. The maximum absolute atomic E-state index is 13.4. The second-order valence-corrected chi connectivity index (χ2v) is 4.25. The van der Waals surface area contributed by atoms with E-state index in [0.717, 1.165) is 10.7 Å². The summed E-state index contributed by atoms with van der Waals surface area (Å²) in [5.74, 6) is 5.58. The van der Waals surface area contributed by atoms with E-state index in [-0.39, 0.29) is 5.75 Å². The molecule has 2 rings (SSSR count). The molecule has 1 aromatic heterocycles. The Bertz CT molecular complexity index is 595. The molecule has 4 heteroatoms. The molecule has 0 aliphatic rings. The third-order valence-electron chi connectivity index (χ3n) is 2.08. The molecular weight excluding hydrogens is 237 g/mol. The van der Waals surface area contributed by atoms with Gasteiger partial charge in [0.05, 0.1) is 7.11 Å². The molecule has 0 radical (unpaired) electrons. The smallest absolute Gasteiger partial charge is 0.167 e. The fraction of sp³-hybridized carbons (Fsp3) is 0.154. The third-order valence-corrected chi connectivity index (χ3v) is 2.96. The van der Waals surface area contributed by atoms with E-state index in [9.17, 15) is 4.39 Å². The van der Waals surface area contributed by atoms with E-state index < -0.39 is 5.82 Å². The maximum Gasteiger partial charge on any atom is 0.167 e. The van der Waals surface area contributed by atoms with Crippen LogP contribution < -0.4 is 4.74 Å². The van der Waals surface area contributed by atoms with Gasteiger partial charge in [0.25, 0.3) is 0 Å². The standard InChI is InChI=1S/C13H10FNOS/c1-9-8-17-13(15-9)6-4-10-3-5-12(16-2)11(14)7-10/h3,5,7-8H,1-2H3. The summed E-state index contributed by atoms with van der Waals surface area (Å²) in [7, 11) is 1.43. The number of aryl methyl sites for hydroxylation is 1. The van der Waals surface area contributed by atoms with Gasteiger partial charge in [-0.1, -0.05) is 5.92 Å². The molecule has 0 saturated carbocycles. The molecule has 0 unspecified atom stereocenters. The zero-order valence-electron chi connectivity index (χ0n) is 9.45. The van der Waals surface area contributed by atoms with Gasteiger partial charge in [0.15, 0.2) is 16.6 Å². The largest absolute Gasteiger partial charge is 0.494 e. The van der Waals surface area contributed by atoms with Crippen LogP contribution in [0.15, 0.2) is 23.6 Å². The van der Waals surface area contributed by atoms with Gasteiger partial charge in [0.2, 0.25) is 0 Å². The predicted molar refractivity (Wildman–Crippen MR) is 65.8 cm³/mol. The first-order valence-corrected chi connectivity index (χ1v) is 5.84. The van der Waals surface area contributed by atoms with Crippen LogP contribution in [0.4, 0.5) is 4.39 Å². The van der Waals surface area contributed by atoms with E-state index in [1.54, 1.807) is 12.1 Å². The van der Waals surface area contributed by atoms with E-state index in [0.29, 0.717) is 5.56 Å². The lowest BCUT2D eigenvalue weighted by molar-refractivity contribution is 0.386. The van der Waals surface area contributed by atoms with Crippen molar-refractivity contribution < 1.29 is 9.13 Å². The fourth-order valence-electron chi connectivity index (χ4n) is 1.28. The predicted octanol–water partition coefficient (Wildman–Crippen LogP) is 3.00. The van der Waals surface area contributed by atoms with Crippen molar-refractivity contribution in [3.63, 3.8) is 0 Å². The minimum Gasteiger partial charge on any atom is -0.494 e. The average molecular weight is 247 g/mol. The van der Waals surface area contributed by atoms with Gasteiger partial charge in [-0.05, 0) is 31.0 Å². The van der Waals surface area contributed by atoms with E-state index >= 15 is 0 Å². The SMILES string of the molecule is COc1ccc(C#Cc2nc(C)cs2)cc1F. The minimum absolute atomic E-state index is 0.223. The third kappa shape index (κ3) is 2.83. The van der Waals surface area contributed by atoms with Gasteiger partial charge in [0, 0.05) is 16.6 Å². The first-order valence-electron chi connectivity index (χ1n) is 4.97. The normalized spacial score (nSPS) is 9.59. The van der Waals surface area contributed by atoms with Crippen LogP contribution in [0.3, 0.4) is 0 Å². The summed E-state index contributed by atoms with van der Waals surface area (Å²) in [6.45, 7) is 1.91. The minimum atomic E-state index is -0.408. The fourth-order valence-corrected chi connectivity index (χ4v) is 1.92. The lowest BCUT2D eigenvalue weighted by atomic mass is 10.2. The van der Waals surface area contributed by atoms with Gasteiger partial charge in [-0.25, -0.2) is 9.37 Å². The molecule has 2 nitrogen and oxygen atoms in total. The first kappa shape index (κ1) is 11.6. The second-order valence-electron chi connectivity index (χ2n) is 3.39. The number of thiazole rings is 1. The highest BCUT2D eigenvalue weighted by Crippen LogP contribution is 2.17. The molecule has 0 atom stereocenters. The van der Waals surface area contributed by atoms with Gasteiger partial charge in [0.1, 0.15) is 0 Å². The summed E-state index contributed by atoms with van der Waals surface area (Å²) in [6.07, 6.45) is 0. The number of aromatic nitrogens is 1. The van der Waals surface area contributed by atoms with Crippen LogP contribution in [0.25, 0.3) is 0 Å². The van der Waals surface area contributed by atoms with Crippen molar-refractivity contribution >= 4 is 11.3 Å². The molecule has 2 aromatic rings. The Balaban J connectivity index is 2.25. The molecular formula is C13H10FNOS. The molecule has 0 fully saturated rings. The van der Waals surface area contributed by atoms with Crippen molar-refractivity contribution in [3.8, 4) is 17.6 Å². The van der Waals surface area contributed by atoms with Crippen molar-refractivity contribution in [1.29, 1.82) is 0 Å². The quantitative estimate of drug-likeness (QED) is 0.723. The Morgan fingerprint density at radius 1 is 1.35 bits per heavy atom. The van der Waals surface area contributed by atoms with Gasteiger partial charge in [-0.3, -0.25) is 0 Å². The van der Waals surface area contributed by atoms with Gasteiger partial charge < -0.3 is 4.74 Å². The molecule has 0 aliphatic heterocycles. The highest BCUT2D eigenvalue weighted by atomic mass is 32.1. The van der Waals surface area contributed by atoms with Crippen LogP contribution in [0.5, 0.6) is 5.75 Å². The number of benzene rings is 1. The van der Waals surface area contributed by atoms with Crippen molar-refractivity contribution in [2.24, 2.45) is 0 Å². The highest BCUT2D eigenvalue weighted by Gasteiger charge is 2.01. The maximum atomic E-state index is 13.4. The lowest BCUT2D eigenvalue weighted by Gasteiger charge is -2.00. The topological polar surface area (TPSA) is 22.1 Å². The average Bonchev–Trinajstić information content (AvgIpc) is 2.73. The number of hydrogen-bond donors (Lipinski definition) is 0. The molecule has 0 amide bonds. The number of halogens is 1. The van der Waals surface area contributed by atoms with Crippen molar-refractivity contribution in [3.05, 3.63) is 45.7 Å². The van der Waals surface area contributed by atoms with Crippen LogP contribution in [0.2, 0.25) is 0 Å². The van der Waals surface area contributed by atoms with Gasteiger partial charge in [-0.15, -0.1) is 11.3 Å². The van der Waals surface area contributed by atoms with E-state index in [1.807, 2.05) is 12.3 Å². The van der Waals surface area contributed by atoms with Crippen LogP contribution in [-0.4, -0.2) is 12.1 Å². The Hall–Kier alpha value is -1.86. The number of hydrogen-bond acceptors (Lipinski definition) is 3. The summed E-state index contributed by atoms with van der Waals surface area (Å²) >= 11 is 1.48. The molecule has 0 spiro atoms. The number of ether oxygens (including phenoxy) is 1. The molecule has 0 N–H and O–H groups in total. The molecule has 0 bridgehead atoms. The molecule has 1 aromatic carbocycles. The Labute approximate surface area is 103 Å². The summed E-state index contributed by atoms with van der Waals surface area (Å²) < 4.78 is 18.2. The van der Waals surface area contributed by atoms with E-state index in [4.69, 9.17) is 4.74 Å². The Kier molecular flexibility index (Phi) is 3.40. The number of nitrogens with zero attached hydrogens (tertiary/aromatic N) is 1. The second kappa shape index (κ2) is 4.98. The lowest BCUT2D eigenvalue weighted by Crippen LogP contribution is -1.88. The number of methoxy groups -OCH3 is 1. The van der Waals surface area contributed by atoms with Crippen molar-refractivity contribution in [2.45, 2.75) is 6.92 Å². The molecule has 0 aliphatic carbocycles. The zero-order chi connectivity index (χ0) is 12.3. The van der Waals surface area contributed by atoms with Crippen LogP contribution in [0.1, 0.15) is 16.3 Å². The van der Waals surface area contributed by atoms with E-state index in [2.05, 4.69) is 16.8 Å². The Morgan fingerprint density at radius 2 is 2.18 bits per heavy atom. The summed E-state index contributed by atoms with van der Waals surface area (Å²) in [6, 6.07) is 4.63. The Morgan fingerprint density at radius 3 is 2.76 bits per heavy atom. The van der Waals surface area contributed by atoms with Crippen molar-refractivity contribution in [2.75, 3.05) is 7.11 Å². The highest BCUT2D eigenvalue weighted by molar-refractivity contribution is 7.10. The van der Waals surface area contributed by atoms with Crippen LogP contribution >= 0.6 is 11.3 Å². The van der Waals surface area contributed by atoms with E-state index in [1.165, 1.54) is 24.5 Å². The monoisotopic (exact) mass is 247 g/mol. The zero-order valence-corrected chi connectivity index (χ0v) is 10.3. The van der Waals surface area contributed by atoms with Crippen LogP contribution in [0, 0.1) is 24.6 Å². The summed E-state index contributed by atoms with van der Waals surface area (Å²) in [5, 5.41) is 2.66. The van der Waals surface area contributed by atoms with Crippen LogP contribution in [-0.2, 0) is 0 Å². The van der Waals surface area contributed by atoms with Gasteiger partial charge in [-0.2, -0.15) is 0 Å². The van der Waals surface area contributed by atoms with Gasteiger partial charge >= 0.3 is 0 Å². The van der Waals surface area contributed by atoms with Crippen molar-refractivity contribution in [1.82, 2.24) is 4.98 Å². The first-order chi connectivity index (χ1) is 8.19. The molecule has 0 saturated heterocycles. The summed E-state index contributed by atoms with van der Waals surface area (Å²) in [4.78, 5) is 4.21.